The number of ether oxygens (including phenoxy) is 1. The lowest BCUT2D eigenvalue weighted by Crippen LogP contribution is -2.22. The third-order valence-electron chi connectivity index (χ3n) is 5.63. The van der Waals surface area contributed by atoms with Gasteiger partial charge in [0, 0.05) is 17.5 Å². The van der Waals surface area contributed by atoms with E-state index in [1.807, 2.05) is 31.2 Å². The van der Waals surface area contributed by atoms with E-state index >= 15 is 0 Å². The molecule has 0 saturated carbocycles. The van der Waals surface area contributed by atoms with Gasteiger partial charge in [0.1, 0.15) is 34.5 Å². The molecule has 1 aliphatic heterocycles. The third-order valence-corrected chi connectivity index (χ3v) is 5.63. The minimum atomic E-state index is -0.417. The van der Waals surface area contributed by atoms with Crippen LogP contribution in [0.4, 0.5) is 0 Å². The molecule has 0 aliphatic carbocycles. The summed E-state index contributed by atoms with van der Waals surface area (Å²) >= 11 is 0. The van der Waals surface area contributed by atoms with Crippen LogP contribution in [0.5, 0.6) is 17.2 Å². The van der Waals surface area contributed by atoms with Gasteiger partial charge in [-0.15, -0.1) is 0 Å². The monoisotopic (exact) mass is 414 g/mol. The molecule has 0 bridgehead atoms. The first kappa shape index (κ1) is 18.9. The van der Waals surface area contributed by atoms with E-state index in [-0.39, 0.29) is 46.1 Å². The summed E-state index contributed by atoms with van der Waals surface area (Å²) in [6.45, 7) is 1.98. The molecular formula is C25H18O6. The molecule has 1 aromatic heterocycles. The second kappa shape index (κ2) is 7.02. The predicted octanol–water partition coefficient (Wildman–Crippen LogP) is 4.62. The summed E-state index contributed by atoms with van der Waals surface area (Å²) in [6.07, 6.45) is 1.43. The van der Waals surface area contributed by atoms with Crippen LogP contribution in [0.3, 0.4) is 0 Å². The molecular weight excluding hydrogens is 396 g/mol. The maximum atomic E-state index is 13.3. The Kier molecular flexibility index (Phi) is 4.29. The fourth-order valence-corrected chi connectivity index (χ4v) is 4.06. The zero-order valence-electron chi connectivity index (χ0n) is 16.6. The highest BCUT2D eigenvalue weighted by molar-refractivity contribution is 5.94. The Morgan fingerprint density at radius 2 is 1.68 bits per heavy atom. The molecule has 6 heteroatoms. The SMILES string of the molecule is Cc1ccc([C@H]2CC(=O)Oc3cc(O)c4c(=O)c(-c5ccc(O)cc5)coc4c32)cc1. The van der Waals surface area contributed by atoms with Crippen LogP contribution in [0, 0.1) is 6.92 Å². The number of fused-ring (bicyclic) bond motifs is 3. The van der Waals surface area contributed by atoms with Crippen molar-refractivity contribution in [2.24, 2.45) is 0 Å². The number of carbonyl (C=O) groups is 1. The van der Waals surface area contributed by atoms with Crippen molar-refractivity contribution in [3.05, 3.63) is 87.8 Å². The van der Waals surface area contributed by atoms with Crippen LogP contribution in [-0.2, 0) is 4.79 Å². The van der Waals surface area contributed by atoms with Crippen molar-refractivity contribution in [1.29, 1.82) is 0 Å². The van der Waals surface area contributed by atoms with Gasteiger partial charge in [0.25, 0.3) is 0 Å². The normalized spacial score (nSPS) is 15.5. The molecule has 6 nitrogen and oxygen atoms in total. The summed E-state index contributed by atoms with van der Waals surface area (Å²) in [5.74, 6) is -0.844. The quantitative estimate of drug-likeness (QED) is 0.367. The van der Waals surface area contributed by atoms with Gasteiger partial charge >= 0.3 is 5.97 Å². The number of aryl methyl sites for hydroxylation is 1. The molecule has 4 aromatic rings. The van der Waals surface area contributed by atoms with Crippen LogP contribution in [0.25, 0.3) is 22.1 Å². The van der Waals surface area contributed by atoms with E-state index in [0.29, 0.717) is 11.1 Å². The molecule has 31 heavy (non-hydrogen) atoms. The van der Waals surface area contributed by atoms with Crippen LogP contribution >= 0.6 is 0 Å². The molecule has 0 radical (unpaired) electrons. The maximum absolute atomic E-state index is 13.3. The average molecular weight is 414 g/mol. The Morgan fingerprint density at radius 1 is 0.968 bits per heavy atom. The lowest BCUT2D eigenvalue weighted by atomic mass is 9.84. The topological polar surface area (TPSA) is 97.0 Å². The Bertz CT molecular complexity index is 1380. The van der Waals surface area contributed by atoms with Crippen LogP contribution < -0.4 is 10.2 Å². The van der Waals surface area contributed by atoms with Gasteiger partial charge in [0.2, 0.25) is 5.43 Å². The lowest BCUT2D eigenvalue weighted by Gasteiger charge is -2.26. The number of hydrogen-bond acceptors (Lipinski definition) is 6. The van der Waals surface area contributed by atoms with Gasteiger partial charge in [-0.2, -0.15) is 0 Å². The van der Waals surface area contributed by atoms with Crippen LogP contribution in [0.15, 0.2) is 70.1 Å². The number of hydrogen-bond donors (Lipinski definition) is 2. The molecule has 2 heterocycles. The minimum absolute atomic E-state index is 0.0272. The van der Waals surface area contributed by atoms with Crippen molar-refractivity contribution in [2.45, 2.75) is 19.3 Å². The molecule has 2 N–H and O–H groups in total. The van der Waals surface area contributed by atoms with E-state index in [4.69, 9.17) is 9.15 Å². The number of aromatic hydroxyl groups is 2. The van der Waals surface area contributed by atoms with Gasteiger partial charge in [-0.25, -0.2) is 0 Å². The first-order valence-corrected chi connectivity index (χ1v) is 9.80. The van der Waals surface area contributed by atoms with Gasteiger partial charge in [0.15, 0.2) is 0 Å². The largest absolute Gasteiger partial charge is 0.508 e. The van der Waals surface area contributed by atoms with Gasteiger partial charge in [0.05, 0.1) is 12.0 Å². The van der Waals surface area contributed by atoms with E-state index < -0.39 is 11.4 Å². The van der Waals surface area contributed by atoms with Gasteiger partial charge in [-0.05, 0) is 30.2 Å². The van der Waals surface area contributed by atoms with Crippen molar-refractivity contribution in [3.63, 3.8) is 0 Å². The van der Waals surface area contributed by atoms with Crippen molar-refractivity contribution in [1.82, 2.24) is 0 Å². The standard InChI is InChI=1S/C25H18O6/c1-13-2-4-14(5-3-13)17-10-21(28)31-20-11-19(27)23-24(29)18(12-30-25(23)22(17)20)15-6-8-16(26)9-7-15/h2-9,11-12,17,26-27H,10H2,1H3/t17-/m1/s1. The zero-order valence-corrected chi connectivity index (χ0v) is 16.6. The van der Waals surface area contributed by atoms with E-state index in [0.717, 1.165) is 11.1 Å². The van der Waals surface area contributed by atoms with E-state index in [1.54, 1.807) is 12.1 Å². The van der Waals surface area contributed by atoms with Crippen molar-refractivity contribution in [3.8, 4) is 28.4 Å². The number of phenolic OH excluding ortho intramolecular Hbond substituents is 2. The Hall–Kier alpha value is -4.06. The van der Waals surface area contributed by atoms with Crippen molar-refractivity contribution >= 4 is 16.9 Å². The molecule has 0 amide bonds. The van der Waals surface area contributed by atoms with Crippen LogP contribution in [-0.4, -0.2) is 16.2 Å². The number of phenols is 2. The first-order chi connectivity index (χ1) is 14.9. The first-order valence-electron chi connectivity index (χ1n) is 9.80. The molecule has 154 valence electrons. The van der Waals surface area contributed by atoms with Crippen LogP contribution in [0.1, 0.15) is 29.0 Å². The Labute approximate surface area is 177 Å². The highest BCUT2D eigenvalue weighted by Gasteiger charge is 2.33. The smallest absolute Gasteiger partial charge is 0.312 e. The fraction of sp³-hybridized carbons (Fsp3) is 0.120. The summed E-state index contributed by atoms with van der Waals surface area (Å²) in [6, 6.07) is 15.2. The van der Waals surface area contributed by atoms with Crippen LogP contribution in [0.2, 0.25) is 0 Å². The number of benzene rings is 3. The van der Waals surface area contributed by atoms with Gasteiger partial charge in [-0.3, -0.25) is 9.59 Å². The van der Waals surface area contributed by atoms with E-state index in [2.05, 4.69) is 0 Å². The third kappa shape index (κ3) is 3.13. The number of esters is 1. The van der Waals surface area contributed by atoms with Crippen molar-refractivity contribution in [2.75, 3.05) is 0 Å². The summed E-state index contributed by atoms with van der Waals surface area (Å²) in [5.41, 5.74) is 3.12. The number of rotatable bonds is 2. The van der Waals surface area contributed by atoms with Gasteiger partial charge in [-0.1, -0.05) is 42.0 Å². The lowest BCUT2D eigenvalue weighted by molar-refractivity contribution is -0.135. The summed E-state index contributed by atoms with van der Waals surface area (Å²) in [5, 5.41) is 20.2. The Balaban J connectivity index is 1.77. The molecule has 0 saturated heterocycles. The second-order valence-corrected chi connectivity index (χ2v) is 7.68. The average Bonchev–Trinajstić information content (AvgIpc) is 2.74. The molecule has 1 atom stereocenters. The molecule has 0 unspecified atom stereocenters. The molecule has 1 aliphatic rings. The zero-order chi connectivity index (χ0) is 21.7. The molecule has 3 aromatic carbocycles. The van der Waals surface area contributed by atoms with E-state index in [1.165, 1.54) is 24.5 Å². The highest BCUT2D eigenvalue weighted by Crippen LogP contribution is 2.45. The highest BCUT2D eigenvalue weighted by atomic mass is 16.5. The predicted molar refractivity (Wildman–Crippen MR) is 115 cm³/mol. The molecule has 0 spiro atoms. The second-order valence-electron chi connectivity index (χ2n) is 7.68. The molecule has 0 fully saturated rings. The van der Waals surface area contributed by atoms with Gasteiger partial charge < -0.3 is 19.4 Å². The van der Waals surface area contributed by atoms with E-state index in [9.17, 15) is 19.8 Å². The van der Waals surface area contributed by atoms with Crippen molar-refractivity contribution < 1.29 is 24.2 Å². The minimum Gasteiger partial charge on any atom is -0.508 e. The number of carbonyl (C=O) groups excluding carboxylic acids is 1. The maximum Gasteiger partial charge on any atom is 0.312 e. The summed E-state index contributed by atoms with van der Waals surface area (Å²) < 4.78 is 11.3. The Morgan fingerprint density at radius 3 is 2.39 bits per heavy atom. The fourth-order valence-electron chi connectivity index (χ4n) is 4.06. The summed E-state index contributed by atoms with van der Waals surface area (Å²) in [7, 11) is 0. The molecule has 5 rings (SSSR count). The summed E-state index contributed by atoms with van der Waals surface area (Å²) in [4.78, 5) is 25.5.